The van der Waals surface area contributed by atoms with Gasteiger partial charge in [0.1, 0.15) is 48.9 Å². The summed E-state index contributed by atoms with van der Waals surface area (Å²) in [5.41, 5.74) is 4.97. The van der Waals surface area contributed by atoms with E-state index in [1.807, 2.05) is 6.07 Å². The number of hydroxylamine groups is 1. The number of carbonyl (C=O) groups is 3. The average molecular weight is 754 g/mol. The summed E-state index contributed by atoms with van der Waals surface area (Å²) in [6.45, 7) is 0.0473. The van der Waals surface area contributed by atoms with Gasteiger partial charge in [-0.05, 0) is 42.0 Å². The fraction of sp³-hybridized carbons (Fsp3) is 0.371. The van der Waals surface area contributed by atoms with Crippen molar-refractivity contribution in [3.05, 3.63) is 76.9 Å². The molecular formula is C35H35N3O16. The lowest BCUT2D eigenvalue weighted by atomic mass is 9.89. The van der Waals surface area contributed by atoms with Crippen LogP contribution in [0.4, 0.5) is 0 Å². The Bertz CT molecular complexity index is 1920. The summed E-state index contributed by atoms with van der Waals surface area (Å²) >= 11 is 0. The topological polar surface area (TPSA) is 252 Å². The number of carboxylic acids is 2. The van der Waals surface area contributed by atoms with Crippen molar-refractivity contribution in [2.75, 3.05) is 27.1 Å². The van der Waals surface area contributed by atoms with Gasteiger partial charge >= 0.3 is 17.9 Å². The van der Waals surface area contributed by atoms with Crippen LogP contribution in [0, 0.1) is 0 Å². The van der Waals surface area contributed by atoms with Gasteiger partial charge < -0.3 is 59.1 Å². The summed E-state index contributed by atoms with van der Waals surface area (Å²) in [6.07, 6.45) is -9.22. The minimum absolute atomic E-state index is 0.0692. The lowest BCUT2D eigenvalue weighted by Gasteiger charge is -2.40. The van der Waals surface area contributed by atoms with Gasteiger partial charge in [-0.1, -0.05) is 12.1 Å². The monoisotopic (exact) mass is 753 g/mol. The van der Waals surface area contributed by atoms with Crippen LogP contribution >= 0.6 is 0 Å². The summed E-state index contributed by atoms with van der Waals surface area (Å²) in [6, 6.07) is 14.7. The van der Waals surface area contributed by atoms with E-state index < -0.39 is 67.7 Å². The van der Waals surface area contributed by atoms with Crippen LogP contribution < -0.4 is 34.6 Å². The first-order valence-corrected chi connectivity index (χ1v) is 16.6. The summed E-state index contributed by atoms with van der Waals surface area (Å²) in [5, 5.41) is 43.3. The third-order valence-corrected chi connectivity index (χ3v) is 9.00. The first-order valence-electron chi connectivity index (χ1n) is 16.6. The van der Waals surface area contributed by atoms with E-state index in [2.05, 4.69) is 15.8 Å². The van der Waals surface area contributed by atoms with Crippen molar-refractivity contribution in [3.8, 4) is 28.7 Å². The molecule has 7 atom stereocenters. The molecule has 4 aliphatic heterocycles. The molecule has 0 bridgehead atoms. The standard InChI is InChI=1S/C35H35N3O16/c1-36-35(37-12-16-2-4-17(5-3-16)33(43)44)38-52-31-29(42)26(14-47-28(41)11-27(39)40)51-34(45)32(31)54-53-18-6-7-22-20(8-18)30-21(13-46-22)19-9-24-25(49-15-48-24)10-23(19)50-30/h2-10,21,26,29-32,34,42,45H,11-15H2,1H3,(H,39,40)(H,43,44)(H2,36,37,38)/t21-,26-,29-,30-,31+,32-,34-/m1/s1. The fourth-order valence-corrected chi connectivity index (χ4v) is 6.26. The number of ether oxygens (including phenoxy) is 6. The van der Waals surface area contributed by atoms with Crippen LogP contribution in [0.5, 0.6) is 28.7 Å². The number of aliphatic imine (C=N–C) groups is 1. The Morgan fingerprint density at radius 3 is 2.43 bits per heavy atom. The number of benzene rings is 3. The zero-order valence-electron chi connectivity index (χ0n) is 28.4. The van der Waals surface area contributed by atoms with E-state index in [1.54, 1.807) is 36.4 Å². The average Bonchev–Trinajstić information content (AvgIpc) is 3.77. The molecule has 0 unspecified atom stereocenters. The Labute approximate surface area is 305 Å². The van der Waals surface area contributed by atoms with E-state index in [0.29, 0.717) is 40.7 Å². The maximum absolute atomic E-state index is 11.9. The number of nitrogens with one attached hydrogen (secondary N) is 2. The molecule has 3 aromatic carbocycles. The predicted octanol–water partition coefficient (Wildman–Crippen LogP) is 1.16. The maximum Gasteiger partial charge on any atom is 0.335 e. The summed E-state index contributed by atoms with van der Waals surface area (Å²) < 4.78 is 33.8. The molecule has 7 rings (SSSR count). The highest BCUT2D eigenvalue weighted by atomic mass is 17.2. The summed E-state index contributed by atoms with van der Waals surface area (Å²) in [4.78, 5) is 55.1. The highest BCUT2D eigenvalue weighted by Gasteiger charge is 2.49. The second-order valence-corrected chi connectivity index (χ2v) is 12.5. The van der Waals surface area contributed by atoms with Gasteiger partial charge in [-0.3, -0.25) is 19.4 Å². The first kappa shape index (κ1) is 36.5. The van der Waals surface area contributed by atoms with E-state index in [0.717, 1.165) is 5.56 Å². The zero-order valence-corrected chi connectivity index (χ0v) is 28.4. The van der Waals surface area contributed by atoms with Crippen molar-refractivity contribution < 1.29 is 77.8 Å². The molecule has 3 aromatic rings. The molecule has 0 amide bonds. The smallest absolute Gasteiger partial charge is 0.335 e. The Morgan fingerprint density at radius 2 is 1.69 bits per heavy atom. The molecule has 0 radical (unpaired) electrons. The Morgan fingerprint density at radius 1 is 0.907 bits per heavy atom. The number of rotatable bonds is 12. The van der Waals surface area contributed by atoms with Gasteiger partial charge in [0.25, 0.3) is 0 Å². The van der Waals surface area contributed by atoms with E-state index >= 15 is 0 Å². The third kappa shape index (κ3) is 7.75. The number of aromatic carboxylic acids is 1. The second-order valence-electron chi connectivity index (χ2n) is 12.5. The SMILES string of the molecule is CN=C(NCc1ccc(C(=O)O)cc1)NO[C@H]1[C@H](O)[C@@H](COC(=O)CC(=O)O)O[C@@H](O)[C@@H]1OOc1ccc2c(c1)[C@H]1Oc3cc4c(cc3[C@H]1CO2)OCO4. The number of fused-ring (bicyclic) bond motifs is 6. The second kappa shape index (κ2) is 15.6. The van der Waals surface area contributed by atoms with Crippen LogP contribution in [-0.2, 0) is 35.3 Å². The zero-order chi connectivity index (χ0) is 37.9. The Hall–Kier alpha value is -5.86. The van der Waals surface area contributed by atoms with Crippen LogP contribution in [0.15, 0.2) is 59.6 Å². The highest BCUT2D eigenvalue weighted by Crippen LogP contribution is 2.54. The predicted molar refractivity (Wildman–Crippen MR) is 178 cm³/mol. The number of esters is 1. The van der Waals surface area contributed by atoms with Gasteiger partial charge in [-0.15, -0.1) is 0 Å². The van der Waals surface area contributed by atoms with Crippen molar-refractivity contribution in [2.45, 2.75) is 55.7 Å². The van der Waals surface area contributed by atoms with Crippen LogP contribution in [0.3, 0.4) is 0 Å². The van der Waals surface area contributed by atoms with Gasteiger partial charge in [0.15, 0.2) is 29.6 Å². The van der Waals surface area contributed by atoms with E-state index in [1.165, 1.54) is 19.2 Å². The van der Waals surface area contributed by atoms with E-state index in [4.69, 9.17) is 53.2 Å². The van der Waals surface area contributed by atoms with Crippen molar-refractivity contribution in [2.24, 2.45) is 4.99 Å². The summed E-state index contributed by atoms with van der Waals surface area (Å²) in [5.74, 6) is -1.07. The lowest BCUT2D eigenvalue weighted by molar-refractivity contribution is -0.372. The molecule has 0 saturated carbocycles. The molecule has 0 aliphatic carbocycles. The van der Waals surface area contributed by atoms with Crippen molar-refractivity contribution >= 4 is 23.9 Å². The number of hydrogen-bond donors (Lipinski definition) is 6. The Kier molecular flexibility index (Phi) is 10.6. The third-order valence-electron chi connectivity index (χ3n) is 9.00. The molecule has 19 nitrogen and oxygen atoms in total. The normalized spacial score (nSPS) is 24.9. The number of aliphatic hydroxyl groups is 2. The molecule has 6 N–H and O–H groups in total. The molecule has 1 fully saturated rings. The van der Waals surface area contributed by atoms with Crippen molar-refractivity contribution in [1.82, 2.24) is 10.8 Å². The lowest BCUT2D eigenvalue weighted by Crippen LogP contribution is -2.62. The summed E-state index contributed by atoms with van der Waals surface area (Å²) in [7, 11) is 1.44. The van der Waals surface area contributed by atoms with Crippen LogP contribution in [0.2, 0.25) is 0 Å². The molecule has 4 heterocycles. The van der Waals surface area contributed by atoms with Crippen molar-refractivity contribution in [1.29, 1.82) is 0 Å². The number of aliphatic carboxylic acids is 1. The number of carboxylic acid groups (broad SMARTS) is 2. The maximum atomic E-state index is 11.9. The van der Waals surface area contributed by atoms with Gasteiger partial charge in [-0.25, -0.2) is 10.3 Å². The number of carbonyl (C=O) groups excluding carboxylic acids is 1. The van der Waals surface area contributed by atoms with Gasteiger partial charge in [0.05, 0.1) is 18.1 Å². The largest absolute Gasteiger partial charge is 0.492 e. The first-order chi connectivity index (χ1) is 26.1. The highest BCUT2D eigenvalue weighted by molar-refractivity contribution is 5.90. The minimum Gasteiger partial charge on any atom is -0.492 e. The molecule has 1 saturated heterocycles. The fourth-order valence-electron chi connectivity index (χ4n) is 6.26. The number of nitrogens with zero attached hydrogens (tertiary/aromatic N) is 1. The molecule has 286 valence electrons. The van der Waals surface area contributed by atoms with Gasteiger partial charge in [0.2, 0.25) is 12.8 Å². The van der Waals surface area contributed by atoms with Gasteiger partial charge in [0, 0.05) is 30.8 Å². The number of hydrogen-bond acceptors (Lipinski definition) is 15. The molecule has 0 spiro atoms. The van der Waals surface area contributed by atoms with Crippen LogP contribution in [0.1, 0.15) is 45.5 Å². The molecular weight excluding hydrogens is 718 g/mol. The minimum atomic E-state index is -1.82. The molecule has 4 aliphatic rings. The number of guanidine groups is 1. The Balaban J connectivity index is 1.04. The molecule has 19 heteroatoms. The van der Waals surface area contributed by atoms with Crippen LogP contribution in [0.25, 0.3) is 0 Å². The quantitative estimate of drug-likeness (QED) is 0.0379. The van der Waals surface area contributed by atoms with Gasteiger partial charge in [-0.2, -0.15) is 4.89 Å². The van der Waals surface area contributed by atoms with E-state index in [-0.39, 0.29) is 36.5 Å². The number of aliphatic hydroxyl groups excluding tert-OH is 2. The van der Waals surface area contributed by atoms with E-state index in [9.17, 15) is 24.6 Å². The van der Waals surface area contributed by atoms with Crippen molar-refractivity contribution in [3.63, 3.8) is 0 Å². The van der Waals surface area contributed by atoms with Crippen LogP contribution in [-0.4, -0.2) is 102 Å². The molecule has 0 aromatic heterocycles. The molecule has 54 heavy (non-hydrogen) atoms.